The first-order chi connectivity index (χ1) is 18.7. The second-order valence-electron chi connectivity index (χ2n) is 10.7. The van der Waals surface area contributed by atoms with E-state index in [4.69, 9.17) is 32.7 Å². The Balaban J connectivity index is 1.82. The molecule has 2 aromatic rings. The Morgan fingerprint density at radius 3 is 2.25 bits per heavy atom. The maximum Gasteiger partial charge on any atom is 0.243 e. The monoisotopic (exact) mass is 613 g/mol. The number of hydrogen-bond acceptors (Lipinski definition) is 6. The minimum Gasteiger partial charge on any atom is -0.486 e. The second kappa shape index (κ2) is 13.3. The van der Waals surface area contributed by atoms with Crippen LogP contribution in [0.5, 0.6) is 11.5 Å². The zero-order valence-electron chi connectivity index (χ0n) is 23.5. The van der Waals surface area contributed by atoms with Gasteiger partial charge in [-0.3, -0.25) is 13.9 Å². The van der Waals surface area contributed by atoms with E-state index < -0.39 is 21.6 Å². The third-order valence-corrected chi connectivity index (χ3v) is 8.14. The highest BCUT2D eigenvalue weighted by Gasteiger charge is 2.31. The number of carbonyl (C=O) groups is 2. The molecule has 0 radical (unpaired) electrons. The Hall–Kier alpha value is -2.69. The van der Waals surface area contributed by atoms with Crippen molar-refractivity contribution in [3.05, 3.63) is 52.0 Å². The summed E-state index contributed by atoms with van der Waals surface area (Å²) in [6, 6.07) is 9.23. The van der Waals surface area contributed by atoms with E-state index in [1.54, 1.807) is 36.4 Å². The van der Waals surface area contributed by atoms with Gasteiger partial charge >= 0.3 is 0 Å². The standard InChI is InChI=1S/C28H37Cl2N3O6S/c1-6-23(27(35)31-28(2,3)4)32(18-20-21(29)9-7-10-22(20)30)26(34)11-8-14-33(40(5,36)37)19-12-13-24-25(17-19)39-16-15-38-24/h7,9-10,12-13,17,23H,6,8,11,14-16,18H2,1-5H3,(H,31,35)/t23-/m0/s1. The third kappa shape index (κ3) is 8.41. The van der Waals surface area contributed by atoms with Crippen molar-refractivity contribution in [2.24, 2.45) is 0 Å². The Kier molecular flexibility index (Phi) is 10.6. The summed E-state index contributed by atoms with van der Waals surface area (Å²) in [4.78, 5) is 28.4. The van der Waals surface area contributed by atoms with E-state index >= 15 is 0 Å². The fraction of sp³-hybridized carbons (Fsp3) is 0.500. The van der Waals surface area contributed by atoms with Gasteiger partial charge in [-0.1, -0.05) is 36.2 Å². The largest absolute Gasteiger partial charge is 0.486 e. The number of nitrogens with one attached hydrogen (secondary N) is 1. The van der Waals surface area contributed by atoms with Crippen molar-refractivity contribution in [3.63, 3.8) is 0 Å². The van der Waals surface area contributed by atoms with Gasteiger partial charge in [-0.25, -0.2) is 8.42 Å². The average molecular weight is 615 g/mol. The van der Waals surface area contributed by atoms with Crippen molar-refractivity contribution in [2.75, 3.05) is 30.3 Å². The minimum absolute atomic E-state index is 0.00204. The molecule has 0 saturated carbocycles. The molecular formula is C28H37Cl2N3O6S. The lowest BCUT2D eigenvalue weighted by atomic mass is 10.0. The van der Waals surface area contributed by atoms with Gasteiger partial charge in [0, 0.05) is 46.7 Å². The summed E-state index contributed by atoms with van der Waals surface area (Å²) < 4.78 is 37.7. The number of fused-ring (bicyclic) bond motifs is 1. The highest BCUT2D eigenvalue weighted by molar-refractivity contribution is 7.92. The van der Waals surface area contributed by atoms with Crippen molar-refractivity contribution in [1.82, 2.24) is 10.2 Å². The Bertz CT molecular complexity index is 1310. The van der Waals surface area contributed by atoms with Gasteiger partial charge in [-0.15, -0.1) is 0 Å². The van der Waals surface area contributed by atoms with Gasteiger partial charge in [0.15, 0.2) is 11.5 Å². The molecule has 1 heterocycles. The fourth-order valence-corrected chi connectivity index (χ4v) is 5.89. The first-order valence-electron chi connectivity index (χ1n) is 13.1. The fourth-order valence-electron chi connectivity index (χ4n) is 4.42. The van der Waals surface area contributed by atoms with Crippen LogP contribution in [0.3, 0.4) is 0 Å². The van der Waals surface area contributed by atoms with Crippen molar-refractivity contribution in [1.29, 1.82) is 0 Å². The number of benzene rings is 2. The number of sulfonamides is 1. The number of amides is 2. The molecule has 1 atom stereocenters. The number of nitrogens with zero attached hydrogens (tertiary/aromatic N) is 2. The highest BCUT2D eigenvalue weighted by atomic mass is 35.5. The van der Waals surface area contributed by atoms with E-state index in [1.807, 2.05) is 27.7 Å². The van der Waals surface area contributed by atoms with Crippen LogP contribution in [0.15, 0.2) is 36.4 Å². The van der Waals surface area contributed by atoms with Crippen LogP contribution in [-0.2, 0) is 26.2 Å². The van der Waals surface area contributed by atoms with Gasteiger partial charge in [0.1, 0.15) is 19.3 Å². The third-order valence-electron chi connectivity index (χ3n) is 6.24. The molecule has 2 aromatic carbocycles. The van der Waals surface area contributed by atoms with Crippen molar-refractivity contribution < 1.29 is 27.5 Å². The summed E-state index contributed by atoms with van der Waals surface area (Å²) in [5.74, 6) is 0.404. The molecule has 0 fully saturated rings. The van der Waals surface area contributed by atoms with Gasteiger partial charge in [-0.2, -0.15) is 0 Å². The zero-order valence-corrected chi connectivity index (χ0v) is 25.8. The van der Waals surface area contributed by atoms with Crippen LogP contribution in [0.1, 0.15) is 52.5 Å². The van der Waals surface area contributed by atoms with Gasteiger partial charge in [-0.05, 0) is 57.9 Å². The SMILES string of the molecule is CC[C@@H](C(=O)NC(C)(C)C)N(Cc1c(Cl)cccc1Cl)C(=O)CCCN(c1ccc2c(c1)OCCO2)S(C)(=O)=O. The number of carbonyl (C=O) groups excluding carboxylic acids is 2. The Morgan fingerprint density at radius 1 is 1.05 bits per heavy atom. The molecule has 1 aliphatic heterocycles. The molecule has 0 unspecified atom stereocenters. The van der Waals surface area contributed by atoms with E-state index in [1.165, 1.54) is 9.21 Å². The van der Waals surface area contributed by atoms with Gasteiger partial charge in [0.2, 0.25) is 21.8 Å². The summed E-state index contributed by atoms with van der Waals surface area (Å²) >= 11 is 12.8. The Labute approximate surface area is 246 Å². The second-order valence-corrected chi connectivity index (χ2v) is 13.4. The summed E-state index contributed by atoms with van der Waals surface area (Å²) in [5, 5.41) is 3.73. The smallest absolute Gasteiger partial charge is 0.243 e. The molecular weight excluding hydrogens is 577 g/mol. The van der Waals surface area contributed by atoms with Crippen molar-refractivity contribution in [3.8, 4) is 11.5 Å². The first-order valence-corrected chi connectivity index (χ1v) is 15.7. The van der Waals surface area contributed by atoms with Crippen LogP contribution in [0, 0.1) is 0 Å². The topological polar surface area (TPSA) is 105 Å². The van der Waals surface area contributed by atoms with Crippen LogP contribution < -0.4 is 19.1 Å². The molecule has 0 aromatic heterocycles. The summed E-state index contributed by atoms with van der Waals surface area (Å²) in [7, 11) is -3.66. The molecule has 1 N–H and O–H groups in total. The van der Waals surface area contributed by atoms with Crippen LogP contribution in [0.2, 0.25) is 10.0 Å². The maximum absolute atomic E-state index is 13.7. The van der Waals surface area contributed by atoms with E-state index in [2.05, 4.69) is 5.32 Å². The molecule has 12 heteroatoms. The lowest BCUT2D eigenvalue weighted by Crippen LogP contribution is -2.53. The number of hydrogen-bond donors (Lipinski definition) is 1. The molecule has 9 nitrogen and oxygen atoms in total. The van der Waals surface area contributed by atoms with Gasteiger partial charge in [0.05, 0.1) is 11.9 Å². The van der Waals surface area contributed by atoms with E-state index in [0.29, 0.717) is 52.4 Å². The predicted molar refractivity (Wildman–Crippen MR) is 158 cm³/mol. The molecule has 2 amide bonds. The van der Waals surface area contributed by atoms with Gasteiger partial charge < -0.3 is 19.7 Å². The summed E-state index contributed by atoms with van der Waals surface area (Å²) in [6.45, 7) is 8.31. The number of anilines is 1. The zero-order chi connectivity index (χ0) is 29.7. The van der Waals surface area contributed by atoms with Crippen LogP contribution in [-0.4, -0.2) is 62.7 Å². The van der Waals surface area contributed by atoms with Crippen LogP contribution >= 0.6 is 23.2 Å². The minimum atomic E-state index is -3.66. The average Bonchev–Trinajstić information content (AvgIpc) is 2.86. The maximum atomic E-state index is 13.7. The summed E-state index contributed by atoms with van der Waals surface area (Å²) in [5.41, 5.74) is 0.450. The number of halogens is 2. The van der Waals surface area contributed by atoms with Gasteiger partial charge in [0.25, 0.3) is 0 Å². The Morgan fingerprint density at radius 2 is 1.68 bits per heavy atom. The molecule has 0 spiro atoms. The van der Waals surface area contributed by atoms with E-state index in [0.717, 1.165) is 6.26 Å². The summed E-state index contributed by atoms with van der Waals surface area (Å²) in [6.07, 6.45) is 1.69. The van der Waals surface area contributed by atoms with E-state index in [9.17, 15) is 18.0 Å². The lowest BCUT2D eigenvalue weighted by molar-refractivity contribution is -0.142. The lowest BCUT2D eigenvalue weighted by Gasteiger charge is -2.33. The molecule has 40 heavy (non-hydrogen) atoms. The van der Waals surface area contributed by atoms with Crippen LogP contribution in [0.4, 0.5) is 5.69 Å². The molecule has 3 rings (SSSR count). The number of ether oxygens (including phenoxy) is 2. The molecule has 0 aliphatic carbocycles. The van der Waals surface area contributed by atoms with Crippen molar-refractivity contribution in [2.45, 2.75) is 65.1 Å². The normalized spacial score (nSPS) is 13.9. The predicted octanol–water partition coefficient (Wildman–Crippen LogP) is 5.03. The molecule has 1 aliphatic rings. The molecule has 0 saturated heterocycles. The molecule has 0 bridgehead atoms. The quantitative estimate of drug-likeness (QED) is 0.381. The van der Waals surface area contributed by atoms with E-state index in [-0.39, 0.29) is 37.7 Å². The first kappa shape index (κ1) is 31.8. The number of rotatable bonds is 11. The molecule has 220 valence electrons. The highest BCUT2D eigenvalue weighted by Crippen LogP contribution is 2.35. The van der Waals surface area contributed by atoms with Crippen molar-refractivity contribution >= 4 is 50.7 Å². The van der Waals surface area contributed by atoms with Crippen LogP contribution in [0.25, 0.3) is 0 Å².